The van der Waals surface area contributed by atoms with Gasteiger partial charge in [-0.05, 0) is 92.3 Å². The number of ether oxygens (including phenoxy) is 1. The number of amides is 1. The van der Waals surface area contributed by atoms with Crippen molar-refractivity contribution in [1.82, 2.24) is 19.8 Å². The number of hydrogen-bond donors (Lipinski definition) is 0. The van der Waals surface area contributed by atoms with E-state index in [4.69, 9.17) is 21.3 Å². The molecule has 1 saturated carbocycles. The quantitative estimate of drug-likeness (QED) is 0.277. The summed E-state index contributed by atoms with van der Waals surface area (Å²) in [6, 6.07) is 9.93. The van der Waals surface area contributed by atoms with E-state index in [-0.39, 0.29) is 41.4 Å². The van der Waals surface area contributed by atoms with E-state index in [9.17, 15) is 4.79 Å². The number of rotatable bonds is 7. The Hall–Kier alpha value is -4.03. The largest absolute Gasteiger partial charge is 0.461 e. The molecule has 5 aliphatic rings. The van der Waals surface area contributed by atoms with E-state index in [2.05, 4.69) is 27.3 Å². The smallest absolute Gasteiger partial charge is 0.319 e. The van der Waals surface area contributed by atoms with Crippen LogP contribution in [0, 0.1) is 18.3 Å². The molecule has 4 heterocycles. The van der Waals surface area contributed by atoms with Gasteiger partial charge in [0.15, 0.2) is 5.82 Å². The minimum absolute atomic E-state index is 0.00166. The molecule has 4 fully saturated rings. The van der Waals surface area contributed by atoms with Gasteiger partial charge in [0.25, 0.3) is 0 Å². The average Bonchev–Trinajstić information content (AvgIpc) is 3.33. The van der Waals surface area contributed by atoms with E-state index in [1.54, 1.807) is 4.90 Å². The van der Waals surface area contributed by atoms with Gasteiger partial charge in [-0.25, -0.2) is 11.0 Å². The lowest BCUT2D eigenvalue weighted by molar-refractivity contribution is -0.128. The van der Waals surface area contributed by atoms with Crippen molar-refractivity contribution in [2.24, 2.45) is 5.92 Å². The van der Waals surface area contributed by atoms with Crippen LogP contribution in [0.4, 0.5) is 10.2 Å². The summed E-state index contributed by atoms with van der Waals surface area (Å²) in [6.07, 6.45) is 8.06. The molecule has 3 saturated heterocycles. The molecule has 8 nitrogen and oxygen atoms in total. The van der Waals surface area contributed by atoms with Crippen molar-refractivity contribution < 1.29 is 13.9 Å². The van der Waals surface area contributed by atoms with Crippen LogP contribution in [0.5, 0.6) is 6.01 Å². The Labute approximate surface area is 257 Å². The third kappa shape index (κ3) is 4.37. The van der Waals surface area contributed by atoms with Crippen molar-refractivity contribution in [1.29, 1.82) is 0 Å². The van der Waals surface area contributed by atoms with Crippen molar-refractivity contribution in [2.75, 3.05) is 50.8 Å². The molecule has 1 amide bonds. The molecule has 2 unspecified atom stereocenters. The Morgan fingerprint density at radius 3 is 2.77 bits per heavy atom. The highest BCUT2D eigenvalue weighted by Crippen LogP contribution is 2.58. The maximum atomic E-state index is 16.8. The molecular formula is C35H37FN6O2. The first-order chi connectivity index (χ1) is 21.5. The summed E-state index contributed by atoms with van der Waals surface area (Å²) < 4.78 is 23.2. The number of fused-ring (bicyclic) bond motifs is 5. The predicted octanol–water partition coefficient (Wildman–Crippen LogP) is 5.23. The zero-order chi connectivity index (χ0) is 30.0. The molecular weight excluding hydrogens is 555 g/mol. The van der Waals surface area contributed by atoms with Gasteiger partial charge in [-0.3, -0.25) is 9.69 Å². The Morgan fingerprint density at radius 2 is 1.98 bits per heavy atom. The number of anilines is 1. The molecule has 0 radical (unpaired) electrons. The Balaban J connectivity index is 1.21. The average molecular weight is 593 g/mol. The topological polar surface area (TPSA) is 66.2 Å². The van der Waals surface area contributed by atoms with Gasteiger partial charge in [0, 0.05) is 30.6 Å². The lowest BCUT2D eigenvalue weighted by atomic mass is 9.93. The van der Waals surface area contributed by atoms with Crippen LogP contribution in [0.15, 0.2) is 43.0 Å². The molecule has 1 aromatic heterocycles. The SMILES string of the molecule is [C-]#[N+]C[C@H]1CN(c2nc(OCC34CCCN3CCC4)nc3c(F)c(-c4cccc5c4C4CC4C5)ccc23)CCN1C(=O)C=C. The number of carbonyl (C=O) groups excluding carboxylic acids is 1. The molecule has 0 N–H and O–H groups in total. The number of hydrogen-bond acceptors (Lipinski definition) is 6. The first-order valence-corrected chi connectivity index (χ1v) is 16.0. The molecule has 2 aromatic carbocycles. The summed E-state index contributed by atoms with van der Waals surface area (Å²) in [5.41, 5.74) is 4.43. The maximum absolute atomic E-state index is 16.8. The third-order valence-electron chi connectivity index (χ3n) is 10.9. The second kappa shape index (κ2) is 10.6. The summed E-state index contributed by atoms with van der Waals surface area (Å²) in [6.45, 7) is 15.3. The lowest BCUT2D eigenvalue weighted by Crippen LogP contribution is -2.56. The first kappa shape index (κ1) is 27.5. The predicted molar refractivity (Wildman–Crippen MR) is 167 cm³/mol. The van der Waals surface area contributed by atoms with Gasteiger partial charge >= 0.3 is 6.01 Å². The van der Waals surface area contributed by atoms with Crippen LogP contribution in [-0.2, 0) is 11.2 Å². The van der Waals surface area contributed by atoms with Gasteiger partial charge in [-0.1, -0.05) is 30.8 Å². The summed E-state index contributed by atoms with van der Waals surface area (Å²) in [5, 5.41) is 0.613. The fourth-order valence-corrected chi connectivity index (χ4v) is 8.59. The van der Waals surface area contributed by atoms with Crippen molar-refractivity contribution in [3.8, 4) is 17.1 Å². The molecule has 9 heteroatoms. The number of piperazine rings is 1. The van der Waals surface area contributed by atoms with Crippen LogP contribution in [-0.4, -0.2) is 83.1 Å². The van der Waals surface area contributed by atoms with Crippen molar-refractivity contribution >= 4 is 22.6 Å². The highest BCUT2D eigenvalue weighted by atomic mass is 19.1. The molecule has 3 aliphatic heterocycles. The Bertz CT molecular complexity index is 1710. The highest BCUT2D eigenvalue weighted by Gasteiger charge is 2.47. The zero-order valence-corrected chi connectivity index (χ0v) is 25.0. The number of benzene rings is 2. The number of carbonyl (C=O) groups is 1. The van der Waals surface area contributed by atoms with Crippen LogP contribution in [0.1, 0.15) is 49.1 Å². The molecule has 0 bridgehead atoms. The van der Waals surface area contributed by atoms with Crippen molar-refractivity contribution in [2.45, 2.75) is 56.0 Å². The minimum Gasteiger partial charge on any atom is -0.461 e. The third-order valence-corrected chi connectivity index (χ3v) is 10.9. The summed E-state index contributed by atoms with van der Waals surface area (Å²) in [4.78, 5) is 32.1. The molecule has 2 aliphatic carbocycles. The van der Waals surface area contributed by atoms with Gasteiger partial charge in [0.05, 0.1) is 5.54 Å². The molecule has 0 spiro atoms. The number of halogens is 1. The zero-order valence-electron chi connectivity index (χ0n) is 25.0. The van der Waals surface area contributed by atoms with Crippen LogP contribution >= 0.6 is 0 Å². The van der Waals surface area contributed by atoms with Crippen LogP contribution in [0.25, 0.3) is 26.9 Å². The number of aromatic nitrogens is 2. The van der Waals surface area contributed by atoms with Gasteiger partial charge in [0.1, 0.15) is 24.0 Å². The van der Waals surface area contributed by atoms with E-state index in [0.29, 0.717) is 54.8 Å². The van der Waals surface area contributed by atoms with Crippen LogP contribution in [0.3, 0.4) is 0 Å². The number of nitrogens with zero attached hydrogens (tertiary/aromatic N) is 6. The molecule has 3 atom stereocenters. The van der Waals surface area contributed by atoms with E-state index >= 15 is 4.39 Å². The summed E-state index contributed by atoms with van der Waals surface area (Å²) in [5.74, 6) is 1.28. The van der Waals surface area contributed by atoms with Crippen molar-refractivity contribution in [3.63, 3.8) is 0 Å². The molecule has 8 rings (SSSR count). The fourth-order valence-electron chi connectivity index (χ4n) is 8.59. The van der Waals surface area contributed by atoms with E-state index in [1.807, 2.05) is 24.3 Å². The normalized spacial score (nSPS) is 25.0. The second-order valence-electron chi connectivity index (χ2n) is 13.2. The maximum Gasteiger partial charge on any atom is 0.319 e. The monoisotopic (exact) mass is 592 g/mol. The van der Waals surface area contributed by atoms with E-state index in [1.165, 1.54) is 23.6 Å². The van der Waals surface area contributed by atoms with Gasteiger partial charge in [-0.15, -0.1) is 0 Å². The van der Waals surface area contributed by atoms with Gasteiger partial charge in [0.2, 0.25) is 12.5 Å². The highest BCUT2D eigenvalue weighted by molar-refractivity contribution is 5.94. The Morgan fingerprint density at radius 1 is 1.14 bits per heavy atom. The Kier molecular flexibility index (Phi) is 6.60. The molecule has 3 aromatic rings. The summed E-state index contributed by atoms with van der Waals surface area (Å²) >= 11 is 0. The molecule has 44 heavy (non-hydrogen) atoms. The van der Waals surface area contributed by atoms with Crippen LogP contribution < -0.4 is 9.64 Å². The van der Waals surface area contributed by atoms with E-state index in [0.717, 1.165) is 50.8 Å². The van der Waals surface area contributed by atoms with Crippen molar-refractivity contribution in [3.05, 3.63) is 71.3 Å². The minimum atomic E-state index is -0.354. The van der Waals surface area contributed by atoms with Crippen LogP contribution in [0.2, 0.25) is 0 Å². The van der Waals surface area contributed by atoms with Gasteiger partial charge in [-0.2, -0.15) is 9.97 Å². The van der Waals surface area contributed by atoms with E-state index < -0.39 is 0 Å². The standard InChI is InChI=1S/C35H37FN6O2/c1-3-29(43)42-16-15-40(20-24(42)19-37-2)33-27-10-9-26(25-8-4-7-22-17-23-18-28(23)30(22)25)31(36)32(27)38-34(39-33)44-21-35-11-5-13-41(35)14-6-12-35/h3-4,7-10,23-24,28H,1,5-6,11-21H2/t23?,24-,28?/m0/s1. The first-order valence-electron chi connectivity index (χ1n) is 16.0. The fraction of sp³-hybridized carbons (Fsp3) is 0.486. The molecule has 226 valence electrons. The second-order valence-corrected chi connectivity index (χ2v) is 13.2. The summed E-state index contributed by atoms with van der Waals surface area (Å²) in [7, 11) is 0. The van der Waals surface area contributed by atoms with Gasteiger partial charge < -0.3 is 19.4 Å². The lowest BCUT2D eigenvalue weighted by Gasteiger charge is -2.39.